The minimum atomic E-state index is -5.46. The Labute approximate surface area is 521 Å². The number of carboxylic acids is 2. The Balaban J connectivity index is 0.000000299. The van der Waals surface area contributed by atoms with Gasteiger partial charge in [0.15, 0.2) is 22.9 Å². The molecule has 13 N–H and O–H groups in total. The van der Waals surface area contributed by atoms with Crippen molar-refractivity contribution in [3.05, 3.63) is 127 Å². The third-order valence-electron chi connectivity index (χ3n) is 12.1. The van der Waals surface area contributed by atoms with Gasteiger partial charge in [0.25, 0.3) is 61.8 Å². The Morgan fingerprint density at radius 3 is 1.79 bits per heavy atom. The first-order chi connectivity index (χ1) is 42.6. The van der Waals surface area contributed by atoms with E-state index in [1.807, 2.05) is 0 Å². The molecule has 0 aliphatic heterocycles. The van der Waals surface area contributed by atoms with Crippen molar-refractivity contribution in [3.63, 3.8) is 0 Å². The molecule has 1 heterocycles. The SMILES string of the molecule is CN=Nc1c(S(=O)(=O)O)cc2c(S(=O)(=O)O)c(N=Nc3cc(S(=O)(=O)O)c4cc(SOOO)c(N=Nc5cc([N+](=O)[O-])ccc5C(=O)O)c(O)c4c3N)ccc2c1O.Cc1ccc(N=Nc2c(C(=O)O)[nH]n(-c3c(C)cc(S(=O)(=O)O)cc3Cl)c2=O)c(S(=O)(=O)O)c1. The van der Waals surface area contributed by atoms with Gasteiger partial charge < -0.3 is 26.2 Å². The zero-order chi connectivity index (χ0) is 68.7. The predicted octanol–water partition coefficient (Wildman–Crippen LogP) is 9.35. The standard InChI is InChI=1S/C28H20N8O18S4.C18H15ClN4O9S2/c1-30-34-24-20(57(47,48)49)8-13-11(25(24)37)4-5-15(27(13)58(50,51)52)31-33-17-9-19(56(44,45)46)14-7-18(55-54-53-43)23(26(38)21(14)22(17)29)35-32-16-6-10(36(41)42)2-3-12(16)28(39)40;1-8-3-4-12(13(5-8)34(30,31)32)20-21-14-15(18(25)26)22-23(17(14)24)16-9(2)6-10(7-11(16)19)33(27,28)29/h2-9,37-38,43H,29H2,1H3,(H,39,40)(H,44,45,46)(H,47,48,49)(H,50,51,52);3-7,22H,1-2H3,(H,25,26)(H,27,28,29)(H,30,31,32). The topological polar surface area (TPSA) is 631 Å². The maximum atomic E-state index is 13.0. The number of azo groups is 4. The number of nitro groups is 1. The highest BCUT2D eigenvalue weighted by atomic mass is 35.5. The molecule has 0 bridgehead atoms. The molecular formula is C46H35ClN12O27S6. The molecule has 0 saturated carbocycles. The van der Waals surface area contributed by atoms with Gasteiger partial charge in [0.1, 0.15) is 53.7 Å². The number of nitrogen functional groups attached to an aromatic ring is 1. The molecule has 1 aromatic heterocycles. The minimum absolute atomic E-state index is 0.0458. The number of fused-ring (bicyclic) bond motifs is 2. The number of aromatic nitrogens is 2. The largest absolute Gasteiger partial charge is 0.505 e. The zero-order valence-electron chi connectivity index (χ0n) is 45.3. The third kappa shape index (κ3) is 14.7. The van der Waals surface area contributed by atoms with E-state index in [1.54, 1.807) is 6.92 Å². The summed E-state index contributed by atoms with van der Waals surface area (Å²) in [5.74, 6) is -5.36. The molecule has 39 nitrogen and oxygen atoms in total. The second-order valence-electron chi connectivity index (χ2n) is 18.0. The van der Waals surface area contributed by atoms with Gasteiger partial charge in [-0.1, -0.05) is 22.7 Å². The Hall–Kier alpha value is -9.72. The number of hydrogen-bond donors (Lipinski definition) is 12. The number of aryl methyl sites for hydroxylation is 2. The van der Waals surface area contributed by atoms with E-state index in [2.05, 4.69) is 55.4 Å². The molecule has 0 aliphatic rings. The molecule has 0 aliphatic carbocycles. The third-order valence-corrected chi connectivity index (χ3v) is 17.4. The summed E-state index contributed by atoms with van der Waals surface area (Å²) >= 11 is 6.14. The van der Waals surface area contributed by atoms with Crippen LogP contribution < -0.4 is 11.3 Å². The lowest BCUT2D eigenvalue weighted by atomic mass is 10.0. The first kappa shape index (κ1) is 69.7. The number of rotatable bonds is 19. The van der Waals surface area contributed by atoms with Crippen molar-refractivity contribution in [1.29, 1.82) is 0 Å². The summed E-state index contributed by atoms with van der Waals surface area (Å²) in [7, 11) is -24.3. The smallest absolute Gasteiger partial charge is 0.356 e. The molecule has 0 unspecified atom stereocenters. The lowest BCUT2D eigenvalue weighted by Crippen LogP contribution is -2.16. The van der Waals surface area contributed by atoms with Crippen molar-refractivity contribution in [2.75, 3.05) is 12.8 Å². The molecule has 0 spiro atoms. The van der Waals surface area contributed by atoms with Crippen LogP contribution in [0.3, 0.4) is 0 Å². The monoisotopic (exact) mass is 1410 g/mol. The Morgan fingerprint density at radius 1 is 0.641 bits per heavy atom. The molecule has 8 aromatic rings. The molecule has 7 aromatic carbocycles. The van der Waals surface area contributed by atoms with Crippen LogP contribution in [0.4, 0.5) is 51.2 Å². The van der Waals surface area contributed by atoms with Gasteiger partial charge >= 0.3 is 11.9 Å². The van der Waals surface area contributed by atoms with Crippen molar-refractivity contribution in [1.82, 2.24) is 9.78 Å². The van der Waals surface area contributed by atoms with Gasteiger partial charge in [-0.05, 0) is 85.6 Å². The number of phenols is 2. The summed E-state index contributed by atoms with van der Waals surface area (Å²) in [5.41, 5.74) is -1.92. The number of nitrogens with two attached hydrogens (primary N) is 1. The summed E-state index contributed by atoms with van der Waals surface area (Å²) < 4.78 is 175. The van der Waals surface area contributed by atoms with E-state index in [0.717, 1.165) is 55.6 Å². The average Bonchev–Trinajstić information content (AvgIpc) is 0.856. The number of nitro benzene ring substituents is 1. The number of aromatic amines is 1. The average molecular weight is 1420 g/mol. The number of phenolic OH excluding ortho intramolecular Hbond substituents is 2. The van der Waals surface area contributed by atoms with Crippen molar-refractivity contribution < 1.29 is 114 Å². The van der Waals surface area contributed by atoms with Crippen LogP contribution in [0, 0.1) is 24.0 Å². The van der Waals surface area contributed by atoms with E-state index in [9.17, 15) is 110 Å². The number of halogens is 1. The van der Waals surface area contributed by atoms with E-state index in [1.165, 1.54) is 19.1 Å². The van der Waals surface area contributed by atoms with Crippen molar-refractivity contribution in [2.24, 2.45) is 40.9 Å². The normalized spacial score (nSPS) is 12.6. The van der Waals surface area contributed by atoms with Crippen LogP contribution >= 0.6 is 23.6 Å². The number of carbonyl (C=O) groups is 2. The summed E-state index contributed by atoms with van der Waals surface area (Å²) in [6.07, 6.45) is 0. The molecule has 0 fully saturated rings. The van der Waals surface area contributed by atoms with E-state index in [4.69, 9.17) is 22.6 Å². The van der Waals surface area contributed by atoms with Gasteiger partial charge in [-0.25, -0.2) is 19.5 Å². The highest BCUT2D eigenvalue weighted by Gasteiger charge is 2.31. The number of non-ortho nitro benzene ring substituents is 1. The quantitative estimate of drug-likeness (QED) is 0.00682. The molecule has 46 heteroatoms. The van der Waals surface area contributed by atoms with E-state index in [-0.39, 0.29) is 34.0 Å². The lowest BCUT2D eigenvalue weighted by Gasteiger charge is -2.15. The maximum Gasteiger partial charge on any atom is 0.356 e. The second-order valence-corrected chi connectivity index (χ2v) is 26.1. The highest BCUT2D eigenvalue weighted by molar-refractivity contribution is 7.94. The number of benzene rings is 7. The minimum Gasteiger partial charge on any atom is -0.505 e. The molecule has 0 saturated heterocycles. The van der Waals surface area contributed by atoms with E-state index >= 15 is 0 Å². The van der Waals surface area contributed by atoms with Crippen LogP contribution in [-0.4, -0.2) is 124 Å². The van der Waals surface area contributed by atoms with Crippen LogP contribution in [0.15, 0.2) is 154 Å². The van der Waals surface area contributed by atoms with Crippen LogP contribution in [0.1, 0.15) is 32.0 Å². The lowest BCUT2D eigenvalue weighted by molar-refractivity contribution is -0.432. The van der Waals surface area contributed by atoms with Gasteiger partial charge in [0.05, 0.1) is 54.1 Å². The van der Waals surface area contributed by atoms with Crippen LogP contribution in [0.2, 0.25) is 5.02 Å². The molecular weight excluding hydrogens is 1380 g/mol. The van der Waals surface area contributed by atoms with Crippen molar-refractivity contribution >= 4 is 159 Å². The Kier molecular flexibility index (Phi) is 19.9. The summed E-state index contributed by atoms with van der Waals surface area (Å²) in [6, 6.07) is 11.7. The molecule has 92 heavy (non-hydrogen) atoms. The summed E-state index contributed by atoms with van der Waals surface area (Å²) in [5, 5.41) is 93.2. The van der Waals surface area contributed by atoms with E-state index in [0.29, 0.717) is 28.4 Å². The molecule has 0 radical (unpaired) electrons. The van der Waals surface area contributed by atoms with Gasteiger partial charge in [-0.3, -0.25) is 42.8 Å². The molecule has 0 atom stereocenters. The first-order valence-electron chi connectivity index (χ1n) is 23.7. The Bertz CT molecular complexity index is 5270. The van der Waals surface area contributed by atoms with Crippen molar-refractivity contribution in [2.45, 2.75) is 43.2 Å². The van der Waals surface area contributed by atoms with Gasteiger partial charge in [0.2, 0.25) is 0 Å². The Morgan fingerprint density at radius 2 is 1.24 bits per heavy atom. The van der Waals surface area contributed by atoms with Crippen LogP contribution in [0.5, 0.6) is 11.5 Å². The zero-order valence-corrected chi connectivity index (χ0v) is 50.9. The summed E-state index contributed by atoms with van der Waals surface area (Å²) in [4.78, 5) is 41.8. The fourth-order valence-electron chi connectivity index (χ4n) is 8.23. The number of aromatic carboxylic acids is 2. The van der Waals surface area contributed by atoms with Crippen LogP contribution in [-0.2, 0) is 60.0 Å². The van der Waals surface area contributed by atoms with Gasteiger partial charge in [-0.15, -0.1) is 35.0 Å². The highest BCUT2D eigenvalue weighted by Crippen LogP contribution is 2.51. The summed E-state index contributed by atoms with van der Waals surface area (Å²) in [6.45, 7) is 2.91. The number of aromatic hydroxyl groups is 2. The van der Waals surface area contributed by atoms with Crippen LogP contribution in [0.25, 0.3) is 27.2 Å². The maximum absolute atomic E-state index is 13.0. The number of carboxylic acid groups (broad SMARTS) is 2. The fraction of sp³-hybridized carbons (Fsp3) is 0.0652. The van der Waals surface area contributed by atoms with Crippen molar-refractivity contribution in [3.8, 4) is 17.2 Å². The second kappa shape index (κ2) is 26.2. The predicted molar refractivity (Wildman–Crippen MR) is 313 cm³/mol. The molecule has 484 valence electrons. The number of nitrogens with one attached hydrogen (secondary N) is 1. The van der Waals surface area contributed by atoms with E-state index < -0.39 is 192 Å². The molecule has 0 amide bonds. The number of nitrogens with zero attached hydrogens (tertiary/aromatic N) is 10. The first-order valence-corrected chi connectivity index (χ1v) is 32.0. The molecule has 8 rings (SSSR count). The fourth-order valence-corrected chi connectivity index (χ4v) is 12.6. The van der Waals surface area contributed by atoms with Gasteiger partial charge in [-0.2, -0.15) is 52.3 Å². The number of anilines is 1. The number of hydrogen-bond acceptors (Lipinski definition) is 30. The van der Waals surface area contributed by atoms with Gasteiger partial charge in [0, 0.05) is 35.3 Å². The number of H-pyrrole nitrogens is 1.